The molecule has 0 bridgehead atoms. The summed E-state index contributed by atoms with van der Waals surface area (Å²) in [6.07, 6.45) is 1.54. The number of amides is 1. The molecule has 0 aliphatic carbocycles. The van der Waals surface area contributed by atoms with Gasteiger partial charge in [0.15, 0.2) is 5.82 Å². The molecule has 0 atom stereocenters. The van der Waals surface area contributed by atoms with Gasteiger partial charge in [-0.1, -0.05) is 29.8 Å². The van der Waals surface area contributed by atoms with Crippen molar-refractivity contribution in [3.05, 3.63) is 85.2 Å². The molecule has 0 spiro atoms. The van der Waals surface area contributed by atoms with E-state index >= 15 is 0 Å². The second-order valence-electron chi connectivity index (χ2n) is 5.45. The largest absolute Gasteiger partial charge is 0.304 e. The average molecular weight is 454 g/mol. The summed E-state index contributed by atoms with van der Waals surface area (Å²) >= 11 is 9.27. The van der Waals surface area contributed by atoms with Crippen LogP contribution in [-0.4, -0.2) is 20.6 Å². The number of nitrogens with zero attached hydrogens (tertiary/aromatic N) is 3. The third kappa shape index (κ3) is 4.15. The van der Waals surface area contributed by atoms with E-state index < -0.39 is 16.6 Å². The van der Waals surface area contributed by atoms with Crippen molar-refractivity contribution in [3.8, 4) is 0 Å². The van der Waals surface area contributed by atoms with Crippen LogP contribution in [0.25, 0.3) is 0 Å². The van der Waals surface area contributed by atoms with E-state index in [9.17, 15) is 19.3 Å². The summed E-state index contributed by atoms with van der Waals surface area (Å²) in [4.78, 5) is 22.8. The van der Waals surface area contributed by atoms with Gasteiger partial charge >= 0.3 is 0 Å². The highest BCUT2D eigenvalue weighted by Crippen LogP contribution is 2.25. The Balaban J connectivity index is 1.83. The Bertz CT molecular complexity index is 1020. The molecule has 1 amide bonds. The maximum Gasteiger partial charge on any atom is 0.282 e. The number of carbonyl (C=O) groups excluding carboxylic acids is 1. The molecule has 138 valence electrons. The lowest BCUT2D eigenvalue weighted by Gasteiger charge is -2.06. The zero-order valence-electron chi connectivity index (χ0n) is 13.5. The van der Waals surface area contributed by atoms with E-state index in [-0.39, 0.29) is 34.2 Å². The highest BCUT2D eigenvalue weighted by molar-refractivity contribution is 9.10. The highest BCUT2D eigenvalue weighted by Gasteiger charge is 2.21. The van der Waals surface area contributed by atoms with E-state index in [1.54, 1.807) is 6.07 Å². The number of carbonyl (C=O) groups is 1. The van der Waals surface area contributed by atoms with E-state index in [0.29, 0.717) is 4.47 Å². The van der Waals surface area contributed by atoms with E-state index in [1.807, 2.05) is 0 Å². The summed E-state index contributed by atoms with van der Waals surface area (Å²) in [5.74, 6) is -1.01. The maximum atomic E-state index is 13.9. The normalized spacial score (nSPS) is 10.6. The standard InChI is InChI=1S/C17H11BrClFN4O3/c18-12-9-23(8-11-13(19)5-3-6-14(11)20)22-16(12)21-17(25)10-4-1-2-7-15(10)24(26)27/h1-7,9H,8H2,(H,21,22,25). The number of rotatable bonds is 5. The van der Waals surface area contributed by atoms with Crippen LogP contribution in [-0.2, 0) is 6.54 Å². The molecule has 1 N–H and O–H groups in total. The molecule has 3 aromatic rings. The Morgan fingerprint density at radius 3 is 2.74 bits per heavy atom. The summed E-state index contributed by atoms with van der Waals surface area (Å²) in [7, 11) is 0. The summed E-state index contributed by atoms with van der Waals surface area (Å²) < 4.78 is 15.7. The Hall–Kier alpha value is -2.78. The van der Waals surface area contributed by atoms with Crippen molar-refractivity contribution in [1.82, 2.24) is 9.78 Å². The number of anilines is 1. The minimum absolute atomic E-state index is 0.0471. The number of hydrogen-bond donors (Lipinski definition) is 1. The molecule has 10 heteroatoms. The van der Waals surface area contributed by atoms with Gasteiger partial charge in [-0.25, -0.2) is 4.39 Å². The minimum Gasteiger partial charge on any atom is -0.304 e. The van der Waals surface area contributed by atoms with Crippen LogP contribution >= 0.6 is 27.5 Å². The first-order valence-corrected chi connectivity index (χ1v) is 8.74. The zero-order valence-corrected chi connectivity index (χ0v) is 15.9. The van der Waals surface area contributed by atoms with Crippen LogP contribution in [0.15, 0.2) is 53.1 Å². The molecular weight excluding hydrogens is 443 g/mol. The summed E-state index contributed by atoms with van der Waals surface area (Å²) in [6.45, 7) is 0.0471. The van der Waals surface area contributed by atoms with Crippen LogP contribution < -0.4 is 5.32 Å². The van der Waals surface area contributed by atoms with Crippen LogP contribution in [0, 0.1) is 15.9 Å². The monoisotopic (exact) mass is 452 g/mol. The van der Waals surface area contributed by atoms with Crippen molar-refractivity contribution >= 4 is 44.9 Å². The predicted octanol–water partition coefficient (Wildman–Crippen LogP) is 4.65. The minimum atomic E-state index is -0.683. The number of halogens is 3. The Morgan fingerprint density at radius 2 is 2.04 bits per heavy atom. The quantitative estimate of drug-likeness (QED) is 0.450. The predicted molar refractivity (Wildman–Crippen MR) is 101 cm³/mol. The maximum absolute atomic E-state index is 13.9. The first-order chi connectivity index (χ1) is 12.9. The van der Waals surface area contributed by atoms with E-state index in [4.69, 9.17) is 11.6 Å². The lowest BCUT2D eigenvalue weighted by atomic mass is 10.1. The smallest absolute Gasteiger partial charge is 0.282 e. The third-order valence-corrected chi connectivity index (χ3v) is 4.61. The molecule has 3 rings (SSSR count). The summed E-state index contributed by atoms with van der Waals surface area (Å²) in [5.41, 5.74) is -0.157. The van der Waals surface area contributed by atoms with Gasteiger partial charge < -0.3 is 5.32 Å². The number of nitrogens with one attached hydrogen (secondary N) is 1. The average Bonchev–Trinajstić information content (AvgIpc) is 2.97. The molecule has 0 saturated carbocycles. The topological polar surface area (TPSA) is 90.1 Å². The fourth-order valence-corrected chi connectivity index (χ4v) is 3.05. The molecule has 1 aromatic heterocycles. The molecule has 0 saturated heterocycles. The van der Waals surface area contributed by atoms with Crippen LogP contribution in [0.5, 0.6) is 0 Å². The first kappa shape index (κ1) is 19.0. The zero-order chi connectivity index (χ0) is 19.6. The number of hydrogen-bond acceptors (Lipinski definition) is 4. The van der Waals surface area contributed by atoms with Gasteiger partial charge in [0.25, 0.3) is 11.6 Å². The van der Waals surface area contributed by atoms with Gasteiger partial charge in [0.05, 0.1) is 15.9 Å². The Morgan fingerprint density at radius 1 is 1.30 bits per heavy atom. The number of nitro groups is 1. The van der Waals surface area contributed by atoms with Crippen LogP contribution in [0.4, 0.5) is 15.9 Å². The molecule has 0 unspecified atom stereocenters. The Labute approximate surface area is 166 Å². The molecular formula is C17H11BrClFN4O3. The number of aromatic nitrogens is 2. The Kier molecular flexibility index (Phi) is 5.52. The van der Waals surface area contributed by atoms with Crippen molar-refractivity contribution in [1.29, 1.82) is 0 Å². The molecule has 0 aliphatic rings. The van der Waals surface area contributed by atoms with Crippen molar-refractivity contribution in [2.75, 3.05) is 5.32 Å². The van der Waals surface area contributed by atoms with Crippen LogP contribution in [0.1, 0.15) is 15.9 Å². The molecule has 0 fully saturated rings. The third-order valence-electron chi connectivity index (χ3n) is 3.68. The van der Waals surface area contributed by atoms with Crippen LogP contribution in [0.2, 0.25) is 5.02 Å². The van der Waals surface area contributed by atoms with Gasteiger partial charge in [0.1, 0.15) is 11.4 Å². The fraction of sp³-hybridized carbons (Fsp3) is 0.0588. The van der Waals surface area contributed by atoms with E-state index in [1.165, 1.54) is 47.3 Å². The lowest BCUT2D eigenvalue weighted by molar-refractivity contribution is -0.385. The molecule has 1 heterocycles. The number of para-hydroxylation sites is 1. The second kappa shape index (κ2) is 7.85. The van der Waals surface area contributed by atoms with Gasteiger partial charge in [-0.15, -0.1) is 0 Å². The molecule has 0 radical (unpaired) electrons. The number of benzene rings is 2. The highest BCUT2D eigenvalue weighted by atomic mass is 79.9. The van der Waals surface area contributed by atoms with Crippen molar-refractivity contribution in [2.24, 2.45) is 0 Å². The fourth-order valence-electron chi connectivity index (χ4n) is 2.41. The number of nitro benzene ring substituents is 1. The first-order valence-electron chi connectivity index (χ1n) is 7.57. The van der Waals surface area contributed by atoms with Crippen LogP contribution in [0.3, 0.4) is 0 Å². The molecule has 0 aliphatic heterocycles. The van der Waals surface area contributed by atoms with E-state index in [2.05, 4.69) is 26.3 Å². The van der Waals surface area contributed by atoms with Crippen molar-refractivity contribution in [3.63, 3.8) is 0 Å². The van der Waals surface area contributed by atoms with Gasteiger partial charge in [-0.3, -0.25) is 19.6 Å². The van der Waals surface area contributed by atoms with Gasteiger partial charge in [-0.05, 0) is 34.1 Å². The molecule has 27 heavy (non-hydrogen) atoms. The van der Waals surface area contributed by atoms with Crippen molar-refractivity contribution < 1.29 is 14.1 Å². The summed E-state index contributed by atoms with van der Waals surface area (Å²) in [6, 6.07) is 9.93. The second-order valence-corrected chi connectivity index (χ2v) is 6.71. The van der Waals surface area contributed by atoms with E-state index in [0.717, 1.165) is 0 Å². The molecule has 7 nitrogen and oxygen atoms in total. The van der Waals surface area contributed by atoms with Gasteiger partial charge in [0, 0.05) is 22.8 Å². The SMILES string of the molecule is O=C(Nc1nn(Cc2c(F)cccc2Cl)cc1Br)c1ccccc1[N+](=O)[O-]. The van der Waals surface area contributed by atoms with Crippen molar-refractivity contribution in [2.45, 2.75) is 6.54 Å². The lowest BCUT2D eigenvalue weighted by Crippen LogP contribution is -2.15. The molecule has 2 aromatic carbocycles. The summed E-state index contributed by atoms with van der Waals surface area (Å²) in [5, 5.41) is 18.0. The van der Waals surface area contributed by atoms with Gasteiger partial charge in [0.2, 0.25) is 0 Å². The van der Waals surface area contributed by atoms with Gasteiger partial charge in [-0.2, -0.15) is 5.10 Å².